The molecule has 0 saturated carbocycles. The number of ether oxygens (including phenoxy) is 1. The van der Waals surface area contributed by atoms with E-state index in [0.29, 0.717) is 42.6 Å². The monoisotopic (exact) mass is 475 g/mol. The van der Waals surface area contributed by atoms with Crippen molar-refractivity contribution in [2.75, 3.05) is 25.0 Å². The van der Waals surface area contributed by atoms with Gasteiger partial charge in [0.25, 0.3) is 5.91 Å². The van der Waals surface area contributed by atoms with E-state index in [1.807, 2.05) is 0 Å². The predicted molar refractivity (Wildman–Crippen MR) is 130 cm³/mol. The lowest BCUT2D eigenvalue weighted by atomic mass is 10.1. The Balaban J connectivity index is 1.52. The molecule has 1 saturated heterocycles. The molecule has 1 amide bonds. The first kappa shape index (κ1) is 24.2. The number of rotatable bonds is 8. The first-order chi connectivity index (χ1) is 15.3. The summed E-state index contributed by atoms with van der Waals surface area (Å²) >= 11 is 5.22. The van der Waals surface area contributed by atoms with Crippen molar-refractivity contribution in [1.82, 2.24) is 9.62 Å². The van der Waals surface area contributed by atoms with Crippen LogP contribution < -0.4 is 15.4 Å². The maximum Gasteiger partial charge on any atom is 0.257 e. The van der Waals surface area contributed by atoms with Gasteiger partial charge in [-0.05, 0) is 85.9 Å². The molecule has 32 heavy (non-hydrogen) atoms. The lowest BCUT2D eigenvalue weighted by Gasteiger charge is -2.16. The van der Waals surface area contributed by atoms with Gasteiger partial charge in [-0.2, -0.15) is 4.31 Å². The van der Waals surface area contributed by atoms with Crippen molar-refractivity contribution in [2.24, 2.45) is 5.92 Å². The van der Waals surface area contributed by atoms with Gasteiger partial charge in [-0.3, -0.25) is 10.1 Å². The van der Waals surface area contributed by atoms with Crippen LogP contribution in [0.1, 0.15) is 43.5 Å². The van der Waals surface area contributed by atoms with Crippen molar-refractivity contribution in [2.45, 2.75) is 38.0 Å². The van der Waals surface area contributed by atoms with Gasteiger partial charge in [-0.1, -0.05) is 13.8 Å². The Morgan fingerprint density at radius 1 is 1.06 bits per heavy atom. The smallest absolute Gasteiger partial charge is 0.257 e. The SMILES string of the molecule is CC(C)CCOc1ccc(C(=O)NC(=S)Nc2ccc(S(=O)(=O)N3CCCC3)cc2)cc1. The van der Waals surface area contributed by atoms with Crippen LogP contribution >= 0.6 is 12.2 Å². The van der Waals surface area contributed by atoms with E-state index in [1.54, 1.807) is 48.5 Å². The van der Waals surface area contributed by atoms with E-state index < -0.39 is 10.0 Å². The van der Waals surface area contributed by atoms with Crippen molar-refractivity contribution in [3.05, 3.63) is 54.1 Å². The third-order valence-corrected chi connectivity index (χ3v) is 7.24. The summed E-state index contributed by atoms with van der Waals surface area (Å²) in [6.45, 7) is 6.03. The molecule has 0 spiro atoms. The lowest BCUT2D eigenvalue weighted by molar-refractivity contribution is 0.0977. The average molecular weight is 476 g/mol. The molecule has 1 aliphatic heterocycles. The molecule has 2 aromatic rings. The summed E-state index contributed by atoms with van der Waals surface area (Å²) in [5.74, 6) is 0.940. The Morgan fingerprint density at radius 2 is 1.69 bits per heavy atom. The number of anilines is 1. The van der Waals surface area contributed by atoms with Crippen LogP contribution in [0, 0.1) is 5.92 Å². The number of sulfonamides is 1. The van der Waals surface area contributed by atoms with Crippen LogP contribution in [0.5, 0.6) is 5.75 Å². The number of benzene rings is 2. The summed E-state index contributed by atoms with van der Waals surface area (Å²) in [7, 11) is -3.46. The Labute approximate surface area is 195 Å². The summed E-state index contributed by atoms with van der Waals surface area (Å²) in [6, 6.07) is 13.2. The molecule has 2 aromatic carbocycles. The third kappa shape index (κ3) is 6.51. The fourth-order valence-corrected chi connectivity index (χ4v) is 4.97. The Bertz CT molecular complexity index is 1030. The van der Waals surface area contributed by atoms with Crippen LogP contribution in [0.3, 0.4) is 0 Å². The number of amides is 1. The fraction of sp³-hybridized carbons (Fsp3) is 0.391. The number of hydrogen-bond donors (Lipinski definition) is 2. The molecule has 1 fully saturated rings. The lowest BCUT2D eigenvalue weighted by Crippen LogP contribution is -2.34. The molecule has 172 valence electrons. The van der Waals surface area contributed by atoms with E-state index in [1.165, 1.54) is 4.31 Å². The second-order valence-electron chi connectivity index (χ2n) is 8.10. The molecular weight excluding hydrogens is 446 g/mol. The highest BCUT2D eigenvalue weighted by Crippen LogP contribution is 2.22. The highest BCUT2D eigenvalue weighted by Gasteiger charge is 2.26. The molecule has 1 heterocycles. The minimum absolute atomic E-state index is 0.127. The van der Waals surface area contributed by atoms with Gasteiger partial charge in [-0.15, -0.1) is 0 Å². The number of nitrogens with zero attached hydrogens (tertiary/aromatic N) is 1. The normalized spacial score (nSPS) is 14.3. The number of carbonyl (C=O) groups is 1. The van der Waals surface area contributed by atoms with Crippen LogP contribution in [0.25, 0.3) is 0 Å². The molecule has 0 aliphatic carbocycles. The van der Waals surface area contributed by atoms with Gasteiger partial charge in [0, 0.05) is 24.3 Å². The van der Waals surface area contributed by atoms with E-state index in [2.05, 4.69) is 24.5 Å². The zero-order valence-corrected chi connectivity index (χ0v) is 20.0. The van der Waals surface area contributed by atoms with Crippen molar-refractivity contribution in [3.8, 4) is 5.75 Å². The highest BCUT2D eigenvalue weighted by molar-refractivity contribution is 7.89. The van der Waals surface area contributed by atoms with Crippen molar-refractivity contribution in [1.29, 1.82) is 0 Å². The molecule has 7 nitrogen and oxygen atoms in total. The van der Waals surface area contributed by atoms with Gasteiger partial charge in [0.15, 0.2) is 5.11 Å². The summed E-state index contributed by atoms with van der Waals surface area (Å²) in [5.41, 5.74) is 1.04. The Hall–Kier alpha value is -2.49. The first-order valence-electron chi connectivity index (χ1n) is 10.7. The molecule has 0 unspecified atom stereocenters. The molecule has 2 N–H and O–H groups in total. The van der Waals surface area contributed by atoms with E-state index >= 15 is 0 Å². The molecule has 0 aromatic heterocycles. The second kappa shape index (κ2) is 10.9. The molecule has 0 radical (unpaired) electrons. The second-order valence-corrected chi connectivity index (χ2v) is 10.4. The molecule has 0 bridgehead atoms. The summed E-state index contributed by atoms with van der Waals surface area (Å²) < 4.78 is 32.4. The Morgan fingerprint density at radius 3 is 2.28 bits per heavy atom. The zero-order valence-electron chi connectivity index (χ0n) is 18.3. The van der Waals surface area contributed by atoms with Crippen molar-refractivity contribution in [3.63, 3.8) is 0 Å². The number of nitrogens with one attached hydrogen (secondary N) is 2. The number of hydrogen-bond acceptors (Lipinski definition) is 5. The van der Waals surface area contributed by atoms with Gasteiger partial charge in [0.2, 0.25) is 10.0 Å². The summed E-state index contributed by atoms with van der Waals surface area (Å²) in [5, 5.41) is 5.66. The average Bonchev–Trinajstić information content (AvgIpc) is 3.30. The minimum atomic E-state index is -3.46. The molecule has 0 atom stereocenters. The van der Waals surface area contributed by atoms with Gasteiger partial charge >= 0.3 is 0 Å². The van der Waals surface area contributed by atoms with Crippen LogP contribution in [0.2, 0.25) is 0 Å². The van der Waals surface area contributed by atoms with Crippen LogP contribution in [0.15, 0.2) is 53.4 Å². The summed E-state index contributed by atoms with van der Waals surface area (Å²) in [4.78, 5) is 12.7. The number of thiocarbonyl (C=S) groups is 1. The van der Waals surface area contributed by atoms with Gasteiger partial charge in [-0.25, -0.2) is 8.42 Å². The van der Waals surface area contributed by atoms with Crippen LogP contribution in [0.4, 0.5) is 5.69 Å². The molecule has 9 heteroatoms. The van der Waals surface area contributed by atoms with E-state index in [4.69, 9.17) is 17.0 Å². The van der Waals surface area contributed by atoms with E-state index in [0.717, 1.165) is 19.3 Å². The minimum Gasteiger partial charge on any atom is -0.494 e. The van der Waals surface area contributed by atoms with E-state index in [9.17, 15) is 13.2 Å². The van der Waals surface area contributed by atoms with E-state index in [-0.39, 0.29) is 15.9 Å². The molecular formula is C23H29N3O4S2. The van der Waals surface area contributed by atoms with Gasteiger partial charge in [0.05, 0.1) is 11.5 Å². The Kier molecular flexibility index (Phi) is 8.22. The topological polar surface area (TPSA) is 87.7 Å². The molecule has 1 aliphatic rings. The van der Waals surface area contributed by atoms with Crippen molar-refractivity contribution >= 4 is 38.9 Å². The maximum atomic E-state index is 12.6. The number of carbonyl (C=O) groups excluding carboxylic acids is 1. The van der Waals surface area contributed by atoms with Crippen LogP contribution in [-0.2, 0) is 10.0 Å². The maximum absolute atomic E-state index is 12.6. The third-order valence-electron chi connectivity index (χ3n) is 5.12. The van der Waals surface area contributed by atoms with Crippen molar-refractivity contribution < 1.29 is 17.9 Å². The summed E-state index contributed by atoms with van der Waals surface area (Å²) in [6.07, 6.45) is 2.74. The predicted octanol–water partition coefficient (Wildman–Crippen LogP) is 4.02. The largest absolute Gasteiger partial charge is 0.494 e. The van der Waals surface area contributed by atoms with Gasteiger partial charge < -0.3 is 10.1 Å². The van der Waals surface area contributed by atoms with Crippen LogP contribution in [-0.4, -0.2) is 43.4 Å². The zero-order chi connectivity index (χ0) is 23.1. The molecule has 3 rings (SSSR count). The van der Waals surface area contributed by atoms with Gasteiger partial charge in [0.1, 0.15) is 5.75 Å². The fourth-order valence-electron chi connectivity index (χ4n) is 3.24. The first-order valence-corrected chi connectivity index (χ1v) is 12.6. The highest BCUT2D eigenvalue weighted by atomic mass is 32.2. The quantitative estimate of drug-likeness (QED) is 0.561. The standard InChI is InChI=1S/C23H29N3O4S2/c1-17(2)13-16-30-20-9-5-18(6-10-20)22(27)25-23(31)24-19-7-11-21(12-8-19)32(28,29)26-14-3-4-15-26/h5-12,17H,3-4,13-16H2,1-2H3,(H2,24,25,27,31).